The molecule has 1 aliphatic heterocycles. The number of oxazole rings is 1. The van der Waals surface area contributed by atoms with Crippen LogP contribution in [0.2, 0.25) is 0 Å². The van der Waals surface area contributed by atoms with E-state index in [9.17, 15) is 0 Å². The molecule has 0 spiro atoms. The Morgan fingerprint density at radius 3 is 2.69 bits per heavy atom. The number of nitrogens with one attached hydrogen (secondary N) is 2. The third-order valence-electron chi connectivity index (χ3n) is 5.73. The zero-order valence-corrected chi connectivity index (χ0v) is 19.1. The van der Waals surface area contributed by atoms with Gasteiger partial charge in [0, 0.05) is 37.8 Å². The van der Waals surface area contributed by atoms with Gasteiger partial charge < -0.3 is 15.1 Å². The van der Waals surface area contributed by atoms with Crippen molar-refractivity contribution in [1.29, 1.82) is 0 Å². The van der Waals surface area contributed by atoms with Crippen molar-refractivity contribution >= 4 is 5.96 Å². The van der Waals surface area contributed by atoms with Crippen LogP contribution in [0.25, 0.3) is 11.5 Å². The molecular formula is C26H33N5O. The number of aromatic nitrogens is 1. The molecule has 32 heavy (non-hydrogen) atoms. The van der Waals surface area contributed by atoms with E-state index in [0.29, 0.717) is 18.5 Å². The molecule has 2 heterocycles. The SMILES string of the molecule is CCNC(=NCc1coc(-c2ccccc2)n1)NC1CCN(Cc2cccc(C)c2)CC1. The number of piperidine rings is 1. The molecule has 2 N–H and O–H groups in total. The maximum atomic E-state index is 5.63. The number of likely N-dealkylation sites (tertiary alicyclic amines) is 1. The van der Waals surface area contributed by atoms with Gasteiger partial charge in [0.15, 0.2) is 5.96 Å². The molecule has 1 aromatic heterocycles. The van der Waals surface area contributed by atoms with Gasteiger partial charge in [-0.25, -0.2) is 9.98 Å². The van der Waals surface area contributed by atoms with Gasteiger partial charge in [0.1, 0.15) is 12.0 Å². The van der Waals surface area contributed by atoms with Crippen LogP contribution in [0.4, 0.5) is 0 Å². The number of hydrogen-bond donors (Lipinski definition) is 2. The largest absolute Gasteiger partial charge is 0.444 e. The molecule has 0 radical (unpaired) electrons. The highest BCUT2D eigenvalue weighted by Crippen LogP contribution is 2.18. The molecule has 3 aromatic rings. The summed E-state index contributed by atoms with van der Waals surface area (Å²) in [6.07, 6.45) is 3.91. The molecule has 4 rings (SSSR count). The van der Waals surface area contributed by atoms with E-state index in [2.05, 4.69) is 58.6 Å². The monoisotopic (exact) mass is 431 g/mol. The van der Waals surface area contributed by atoms with E-state index in [0.717, 1.165) is 56.2 Å². The fraction of sp³-hybridized carbons (Fsp3) is 0.385. The Labute approximate surface area is 190 Å². The lowest BCUT2D eigenvalue weighted by atomic mass is 10.0. The summed E-state index contributed by atoms with van der Waals surface area (Å²) in [5.41, 5.74) is 4.53. The smallest absolute Gasteiger partial charge is 0.226 e. The van der Waals surface area contributed by atoms with E-state index in [1.807, 2.05) is 30.3 Å². The molecule has 0 unspecified atom stereocenters. The Morgan fingerprint density at radius 1 is 1.12 bits per heavy atom. The van der Waals surface area contributed by atoms with Gasteiger partial charge in [0.25, 0.3) is 0 Å². The summed E-state index contributed by atoms with van der Waals surface area (Å²) in [7, 11) is 0. The van der Waals surface area contributed by atoms with E-state index >= 15 is 0 Å². The first-order valence-corrected chi connectivity index (χ1v) is 11.5. The standard InChI is InChI=1S/C26H33N5O/c1-3-27-26(28-17-24-19-32-25(29-24)22-10-5-4-6-11-22)30-23-12-14-31(15-13-23)18-21-9-7-8-20(2)16-21/h4-11,16,19,23H,3,12-15,17-18H2,1-2H3,(H2,27,28,30). The second kappa shape index (κ2) is 11.0. The van der Waals surface area contributed by atoms with E-state index in [4.69, 9.17) is 9.41 Å². The molecule has 6 heteroatoms. The molecule has 0 amide bonds. The molecule has 1 fully saturated rings. The topological polar surface area (TPSA) is 65.7 Å². The maximum absolute atomic E-state index is 5.63. The molecule has 1 saturated heterocycles. The highest BCUT2D eigenvalue weighted by atomic mass is 16.3. The Balaban J connectivity index is 1.29. The van der Waals surface area contributed by atoms with Crippen LogP contribution in [0.3, 0.4) is 0 Å². The van der Waals surface area contributed by atoms with Crippen LogP contribution in [0.15, 0.2) is 70.3 Å². The van der Waals surface area contributed by atoms with Crippen molar-refractivity contribution in [3.8, 4) is 11.5 Å². The van der Waals surface area contributed by atoms with Gasteiger partial charge in [0.05, 0.1) is 6.54 Å². The first kappa shape index (κ1) is 22.1. The molecule has 2 aromatic carbocycles. The summed E-state index contributed by atoms with van der Waals surface area (Å²) in [5, 5.41) is 6.98. The highest BCUT2D eigenvalue weighted by Gasteiger charge is 2.20. The lowest BCUT2D eigenvalue weighted by Gasteiger charge is -2.33. The molecule has 0 saturated carbocycles. The first-order chi connectivity index (χ1) is 15.7. The van der Waals surface area contributed by atoms with Crippen molar-refractivity contribution in [2.75, 3.05) is 19.6 Å². The average molecular weight is 432 g/mol. The minimum Gasteiger partial charge on any atom is -0.444 e. The number of aliphatic imine (C=N–C) groups is 1. The summed E-state index contributed by atoms with van der Waals surface area (Å²) < 4.78 is 5.63. The predicted molar refractivity (Wildman–Crippen MR) is 129 cm³/mol. The number of aryl methyl sites for hydroxylation is 1. The normalized spacial score (nSPS) is 15.6. The second-order valence-corrected chi connectivity index (χ2v) is 8.39. The third kappa shape index (κ3) is 6.20. The highest BCUT2D eigenvalue weighted by molar-refractivity contribution is 5.80. The van der Waals surface area contributed by atoms with Gasteiger partial charge >= 0.3 is 0 Å². The summed E-state index contributed by atoms with van der Waals surface area (Å²) in [6, 6.07) is 19.2. The van der Waals surface area contributed by atoms with Crippen molar-refractivity contribution in [2.45, 2.75) is 45.8 Å². The van der Waals surface area contributed by atoms with Crippen molar-refractivity contribution in [3.05, 3.63) is 77.7 Å². The Kier molecular flexibility index (Phi) is 7.56. The minimum absolute atomic E-state index is 0.429. The Hall–Kier alpha value is -3.12. The Bertz CT molecular complexity index is 1010. The zero-order valence-electron chi connectivity index (χ0n) is 19.1. The van der Waals surface area contributed by atoms with Crippen LogP contribution < -0.4 is 10.6 Å². The van der Waals surface area contributed by atoms with Crippen molar-refractivity contribution in [1.82, 2.24) is 20.5 Å². The molecular weight excluding hydrogens is 398 g/mol. The summed E-state index contributed by atoms with van der Waals surface area (Å²) >= 11 is 0. The van der Waals surface area contributed by atoms with Gasteiger partial charge in [-0.3, -0.25) is 4.90 Å². The van der Waals surface area contributed by atoms with Crippen molar-refractivity contribution < 1.29 is 4.42 Å². The fourth-order valence-electron chi connectivity index (χ4n) is 4.07. The fourth-order valence-corrected chi connectivity index (χ4v) is 4.07. The van der Waals surface area contributed by atoms with E-state index in [-0.39, 0.29) is 0 Å². The van der Waals surface area contributed by atoms with Crippen LogP contribution >= 0.6 is 0 Å². The second-order valence-electron chi connectivity index (χ2n) is 8.39. The van der Waals surface area contributed by atoms with Crippen LogP contribution in [0.1, 0.15) is 36.6 Å². The molecule has 6 nitrogen and oxygen atoms in total. The van der Waals surface area contributed by atoms with E-state index < -0.39 is 0 Å². The number of rotatable bonds is 7. The van der Waals surface area contributed by atoms with Crippen LogP contribution in [0.5, 0.6) is 0 Å². The predicted octanol–water partition coefficient (Wildman–Crippen LogP) is 4.37. The van der Waals surface area contributed by atoms with Gasteiger partial charge in [-0.15, -0.1) is 0 Å². The quantitative estimate of drug-likeness (QED) is 0.430. The van der Waals surface area contributed by atoms with Crippen LogP contribution in [0, 0.1) is 6.92 Å². The number of nitrogens with zero attached hydrogens (tertiary/aromatic N) is 3. The number of benzene rings is 2. The molecule has 0 aliphatic carbocycles. The minimum atomic E-state index is 0.429. The lowest BCUT2D eigenvalue weighted by Crippen LogP contribution is -2.48. The van der Waals surface area contributed by atoms with E-state index in [1.165, 1.54) is 11.1 Å². The van der Waals surface area contributed by atoms with Crippen molar-refractivity contribution in [3.63, 3.8) is 0 Å². The maximum Gasteiger partial charge on any atom is 0.226 e. The van der Waals surface area contributed by atoms with Gasteiger partial charge in [0.2, 0.25) is 5.89 Å². The molecule has 1 aliphatic rings. The third-order valence-corrected chi connectivity index (χ3v) is 5.73. The lowest BCUT2D eigenvalue weighted by molar-refractivity contribution is 0.198. The molecule has 0 bridgehead atoms. The Morgan fingerprint density at radius 2 is 1.94 bits per heavy atom. The van der Waals surface area contributed by atoms with E-state index in [1.54, 1.807) is 6.26 Å². The van der Waals surface area contributed by atoms with Gasteiger partial charge in [-0.1, -0.05) is 48.0 Å². The number of guanidine groups is 1. The average Bonchev–Trinajstić information content (AvgIpc) is 3.29. The molecule has 168 valence electrons. The van der Waals surface area contributed by atoms with Crippen LogP contribution in [-0.4, -0.2) is 41.5 Å². The van der Waals surface area contributed by atoms with Crippen LogP contribution in [-0.2, 0) is 13.1 Å². The zero-order chi connectivity index (χ0) is 22.2. The first-order valence-electron chi connectivity index (χ1n) is 11.5. The summed E-state index contributed by atoms with van der Waals surface area (Å²) in [5.74, 6) is 1.48. The van der Waals surface area contributed by atoms with Crippen molar-refractivity contribution in [2.24, 2.45) is 4.99 Å². The van der Waals surface area contributed by atoms with Gasteiger partial charge in [-0.05, 0) is 44.4 Å². The number of hydrogen-bond acceptors (Lipinski definition) is 4. The molecule has 0 atom stereocenters. The van der Waals surface area contributed by atoms with Gasteiger partial charge in [-0.2, -0.15) is 0 Å². The summed E-state index contributed by atoms with van der Waals surface area (Å²) in [6.45, 7) is 8.76. The summed E-state index contributed by atoms with van der Waals surface area (Å²) in [4.78, 5) is 11.9.